The predicted molar refractivity (Wildman–Crippen MR) is 75.6 cm³/mol. The molecule has 4 heteroatoms. The number of amides is 1. The maximum absolute atomic E-state index is 12.0. The van der Waals surface area contributed by atoms with Crippen LogP contribution in [0.3, 0.4) is 0 Å². The molecule has 1 amide bonds. The Kier molecular flexibility index (Phi) is 6.09. The van der Waals surface area contributed by atoms with Gasteiger partial charge in [0, 0.05) is 46.2 Å². The fraction of sp³-hybridized carbons (Fsp3) is 0.929. The molecule has 0 aromatic rings. The van der Waals surface area contributed by atoms with Crippen LogP contribution in [-0.2, 0) is 4.79 Å². The molecule has 18 heavy (non-hydrogen) atoms. The Labute approximate surface area is 112 Å². The summed E-state index contributed by atoms with van der Waals surface area (Å²) in [7, 11) is 1.92. The molecule has 0 bridgehead atoms. The zero-order chi connectivity index (χ0) is 13.6. The molecule has 1 N–H and O–H groups in total. The summed E-state index contributed by atoms with van der Waals surface area (Å²) in [5.41, 5.74) is 0.183. The van der Waals surface area contributed by atoms with Crippen LogP contribution in [0.25, 0.3) is 0 Å². The maximum atomic E-state index is 12.0. The van der Waals surface area contributed by atoms with Crippen LogP contribution >= 0.6 is 0 Å². The van der Waals surface area contributed by atoms with Crippen LogP contribution < -0.4 is 5.32 Å². The Morgan fingerprint density at radius 1 is 1.28 bits per heavy atom. The SMILES string of the molecule is CN(CC(C)(C)C)C(=O)CCCN1CCNCC1. The van der Waals surface area contributed by atoms with Gasteiger partial charge in [-0.25, -0.2) is 0 Å². The Morgan fingerprint density at radius 2 is 1.89 bits per heavy atom. The van der Waals surface area contributed by atoms with Crippen molar-refractivity contribution < 1.29 is 4.79 Å². The zero-order valence-electron chi connectivity index (χ0n) is 12.5. The predicted octanol–water partition coefficient (Wildman–Crippen LogP) is 1.18. The third kappa shape index (κ3) is 6.36. The molecule has 0 atom stereocenters. The minimum absolute atomic E-state index is 0.183. The van der Waals surface area contributed by atoms with Crippen molar-refractivity contribution in [1.82, 2.24) is 15.1 Å². The molecule has 1 aliphatic rings. The Morgan fingerprint density at radius 3 is 2.44 bits per heavy atom. The highest BCUT2D eigenvalue weighted by Crippen LogP contribution is 2.14. The van der Waals surface area contributed by atoms with Crippen molar-refractivity contribution in [2.24, 2.45) is 5.41 Å². The van der Waals surface area contributed by atoms with Gasteiger partial charge in [-0.3, -0.25) is 4.79 Å². The maximum Gasteiger partial charge on any atom is 0.222 e. The molecule has 0 unspecified atom stereocenters. The second-order valence-corrected chi connectivity index (χ2v) is 6.51. The van der Waals surface area contributed by atoms with E-state index in [1.54, 1.807) is 0 Å². The average Bonchev–Trinajstić information content (AvgIpc) is 2.28. The average molecular weight is 255 g/mol. The number of carbonyl (C=O) groups excluding carboxylic acids is 1. The van der Waals surface area contributed by atoms with E-state index in [2.05, 4.69) is 31.0 Å². The number of piperazine rings is 1. The molecule has 4 nitrogen and oxygen atoms in total. The van der Waals surface area contributed by atoms with Crippen LogP contribution in [0.1, 0.15) is 33.6 Å². The van der Waals surface area contributed by atoms with Gasteiger partial charge in [0.25, 0.3) is 0 Å². The molecule has 0 aromatic heterocycles. The van der Waals surface area contributed by atoms with Gasteiger partial charge < -0.3 is 15.1 Å². The summed E-state index contributed by atoms with van der Waals surface area (Å²) in [5, 5.41) is 3.34. The highest BCUT2D eigenvalue weighted by Gasteiger charge is 2.17. The van der Waals surface area contributed by atoms with E-state index in [4.69, 9.17) is 0 Å². The monoisotopic (exact) mass is 255 g/mol. The second kappa shape index (κ2) is 7.10. The largest absolute Gasteiger partial charge is 0.345 e. The Balaban J connectivity index is 2.15. The fourth-order valence-electron chi connectivity index (χ4n) is 2.38. The summed E-state index contributed by atoms with van der Waals surface area (Å²) in [6, 6.07) is 0. The molecule has 1 aliphatic heterocycles. The molecule has 0 spiro atoms. The number of carbonyl (C=O) groups is 1. The van der Waals surface area contributed by atoms with E-state index in [0.717, 1.165) is 45.7 Å². The van der Waals surface area contributed by atoms with Crippen molar-refractivity contribution in [3.63, 3.8) is 0 Å². The first-order valence-electron chi connectivity index (χ1n) is 7.05. The van der Waals surface area contributed by atoms with Crippen molar-refractivity contribution in [2.45, 2.75) is 33.6 Å². The standard InChI is InChI=1S/C14H29N3O/c1-14(2,3)12-16(4)13(18)6-5-9-17-10-7-15-8-11-17/h15H,5-12H2,1-4H3. The van der Waals surface area contributed by atoms with Crippen LogP contribution in [0.15, 0.2) is 0 Å². The van der Waals surface area contributed by atoms with Gasteiger partial charge in [-0.15, -0.1) is 0 Å². The highest BCUT2D eigenvalue weighted by molar-refractivity contribution is 5.75. The highest BCUT2D eigenvalue weighted by atomic mass is 16.2. The van der Waals surface area contributed by atoms with Crippen molar-refractivity contribution in [3.8, 4) is 0 Å². The smallest absolute Gasteiger partial charge is 0.222 e. The van der Waals surface area contributed by atoms with Crippen molar-refractivity contribution in [2.75, 3.05) is 46.3 Å². The molecule has 0 saturated carbocycles. The van der Waals surface area contributed by atoms with E-state index >= 15 is 0 Å². The van der Waals surface area contributed by atoms with E-state index < -0.39 is 0 Å². The summed E-state index contributed by atoms with van der Waals surface area (Å²) >= 11 is 0. The summed E-state index contributed by atoms with van der Waals surface area (Å²) in [5.74, 6) is 0.278. The lowest BCUT2D eigenvalue weighted by molar-refractivity contribution is -0.131. The van der Waals surface area contributed by atoms with Gasteiger partial charge in [0.05, 0.1) is 0 Å². The van der Waals surface area contributed by atoms with Crippen LogP contribution in [0.4, 0.5) is 0 Å². The molecule has 1 saturated heterocycles. The van der Waals surface area contributed by atoms with Crippen LogP contribution in [0.5, 0.6) is 0 Å². The first-order chi connectivity index (χ1) is 8.38. The molecule has 1 rings (SSSR count). The normalized spacial score (nSPS) is 17.8. The summed E-state index contributed by atoms with van der Waals surface area (Å²) < 4.78 is 0. The molecule has 0 radical (unpaired) electrons. The quantitative estimate of drug-likeness (QED) is 0.801. The zero-order valence-corrected chi connectivity index (χ0v) is 12.5. The van der Waals surface area contributed by atoms with E-state index in [-0.39, 0.29) is 11.3 Å². The third-order valence-corrected chi connectivity index (χ3v) is 3.21. The summed E-state index contributed by atoms with van der Waals surface area (Å²) in [6.45, 7) is 12.8. The molecular formula is C14H29N3O. The van der Waals surface area contributed by atoms with E-state index in [9.17, 15) is 4.79 Å². The topological polar surface area (TPSA) is 35.6 Å². The van der Waals surface area contributed by atoms with E-state index in [1.165, 1.54) is 0 Å². The number of hydrogen-bond donors (Lipinski definition) is 1. The summed E-state index contributed by atoms with van der Waals surface area (Å²) in [4.78, 5) is 16.3. The van der Waals surface area contributed by atoms with E-state index in [1.807, 2.05) is 11.9 Å². The number of rotatable bonds is 5. The minimum atomic E-state index is 0.183. The van der Waals surface area contributed by atoms with Crippen LogP contribution in [0.2, 0.25) is 0 Å². The van der Waals surface area contributed by atoms with Crippen LogP contribution in [-0.4, -0.2) is 62.0 Å². The number of nitrogens with one attached hydrogen (secondary N) is 1. The Hall–Kier alpha value is -0.610. The van der Waals surface area contributed by atoms with Gasteiger partial charge in [-0.1, -0.05) is 20.8 Å². The molecule has 1 fully saturated rings. The van der Waals surface area contributed by atoms with Gasteiger partial charge in [0.1, 0.15) is 0 Å². The van der Waals surface area contributed by atoms with Crippen molar-refractivity contribution in [1.29, 1.82) is 0 Å². The molecule has 106 valence electrons. The van der Waals surface area contributed by atoms with Gasteiger partial charge in [0.15, 0.2) is 0 Å². The first-order valence-corrected chi connectivity index (χ1v) is 7.05. The number of hydrogen-bond acceptors (Lipinski definition) is 3. The molecular weight excluding hydrogens is 226 g/mol. The molecule has 0 aromatic carbocycles. The minimum Gasteiger partial charge on any atom is -0.345 e. The van der Waals surface area contributed by atoms with Crippen LogP contribution in [0, 0.1) is 5.41 Å². The first kappa shape index (κ1) is 15.4. The van der Waals surface area contributed by atoms with Crippen molar-refractivity contribution in [3.05, 3.63) is 0 Å². The van der Waals surface area contributed by atoms with Gasteiger partial charge in [0.2, 0.25) is 5.91 Å². The van der Waals surface area contributed by atoms with Gasteiger partial charge in [-0.05, 0) is 18.4 Å². The van der Waals surface area contributed by atoms with Gasteiger partial charge in [-0.2, -0.15) is 0 Å². The second-order valence-electron chi connectivity index (χ2n) is 6.51. The Bertz CT molecular complexity index is 254. The summed E-state index contributed by atoms with van der Waals surface area (Å²) in [6.07, 6.45) is 1.66. The molecule has 1 heterocycles. The third-order valence-electron chi connectivity index (χ3n) is 3.21. The van der Waals surface area contributed by atoms with E-state index in [0.29, 0.717) is 6.42 Å². The molecule has 0 aliphatic carbocycles. The van der Waals surface area contributed by atoms with Gasteiger partial charge >= 0.3 is 0 Å². The lowest BCUT2D eigenvalue weighted by Gasteiger charge is -2.28. The van der Waals surface area contributed by atoms with Crippen molar-refractivity contribution >= 4 is 5.91 Å². The lowest BCUT2D eigenvalue weighted by atomic mass is 9.96. The number of nitrogens with zero attached hydrogens (tertiary/aromatic N) is 2. The lowest BCUT2D eigenvalue weighted by Crippen LogP contribution is -2.44. The fourth-order valence-corrected chi connectivity index (χ4v) is 2.38.